The molecular weight excluding hydrogens is 757 g/mol. The highest BCUT2D eigenvalue weighted by Gasteiger charge is 2.52. The van der Waals surface area contributed by atoms with Gasteiger partial charge in [-0.3, -0.25) is 0 Å². The van der Waals surface area contributed by atoms with Gasteiger partial charge in [0, 0.05) is 0 Å². The van der Waals surface area contributed by atoms with Gasteiger partial charge in [0.05, 0.1) is 10.8 Å². The Morgan fingerprint density at radius 3 is 1.51 bits per heavy atom. The maximum atomic E-state index is 2.55. The van der Waals surface area contributed by atoms with Crippen LogP contribution in [0.4, 0.5) is 0 Å². The molecule has 0 aliphatic heterocycles. The first-order valence-electron chi connectivity index (χ1n) is 22.2. The molecule has 13 rings (SSSR count). The minimum absolute atomic E-state index is 0.415. The Morgan fingerprint density at radius 2 is 0.857 bits per heavy atom. The van der Waals surface area contributed by atoms with Gasteiger partial charge in [0.25, 0.3) is 0 Å². The highest BCUT2D eigenvalue weighted by Crippen LogP contribution is 2.64. The largest absolute Gasteiger partial charge is 0.0725 e. The van der Waals surface area contributed by atoms with Crippen molar-refractivity contribution in [1.29, 1.82) is 0 Å². The van der Waals surface area contributed by atoms with Crippen LogP contribution in [-0.4, -0.2) is 0 Å². The molecule has 0 amide bonds. The van der Waals surface area contributed by atoms with Crippen molar-refractivity contribution in [3.63, 3.8) is 0 Å². The minimum atomic E-state index is -0.452. The first kappa shape index (κ1) is 35.9. The van der Waals surface area contributed by atoms with Crippen molar-refractivity contribution < 1.29 is 0 Å². The zero-order valence-electron chi connectivity index (χ0n) is 34.8. The van der Waals surface area contributed by atoms with Gasteiger partial charge in [0.15, 0.2) is 0 Å². The molecule has 0 saturated heterocycles. The van der Waals surface area contributed by atoms with Crippen molar-refractivity contribution in [2.75, 3.05) is 0 Å². The average molecular weight is 799 g/mol. The molecule has 0 unspecified atom stereocenters. The fourth-order valence-electron chi connectivity index (χ4n) is 11.9. The van der Waals surface area contributed by atoms with Crippen LogP contribution < -0.4 is 0 Å². The van der Waals surface area contributed by atoms with E-state index in [2.05, 4.69) is 243 Å². The molecule has 0 aromatic heterocycles. The van der Waals surface area contributed by atoms with Crippen LogP contribution in [0.5, 0.6) is 0 Å². The molecule has 0 heteroatoms. The lowest BCUT2D eigenvalue weighted by atomic mass is 9.67. The smallest absolute Gasteiger partial charge is 0.0622 e. The standard InChI is InChI=1S/C63H42/c1-4-18-44(19-5-1)46(38-42-32-35-53-52-28-12-15-29-55(52)62(59(53)40-42,47-21-6-2-7-22-47)48-23-8-3-9-24-48)39-43-33-36-54-60(41-43)63(58-37-34-45-20-10-11-25-49(45)61(54)58)56-30-16-13-26-50(56)51-27-14-17-31-57(51)63/h1-38,40-41H,39H2/b46-38-. The van der Waals surface area contributed by atoms with Crippen molar-refractivity contribution in [3.8, 4) is 33.4 Å². The SMILES string of the molecule is C(=C(\Cc1ccc2c(c1)C1(c3ccccc3-c3ccccc31)c1ccc3ccccc3c1-2)c1ccccc1)/c1ccc2c(c1)C(c1ccccc1)(c1ccccc1)c1ccccc1-2. The molecule has 10 aromatic rings. The van der Waals surface area contributed by atoms with Crippen LogP contribution in [0, 0.1) is 0 Å². The third-order valence-electron chi connectivity index (χ3n) is 14.4. The van der Waals surface area contributed by atoms with Crippen LogP contribution in [0.1, 0.15) is 61.2 Å². The van der Waals surface area contributed by atoms with Gasteiger partial charge in [-0.25, -0.2) is 0 Å². The molecule has 0 atom stereocenters. The molecule has 10 aromatic carbocycles. The van der Waals surface area contributed by atoms with Crippen LogP contribution in [0.15, 0.2) is 237 Å². The molecule has 294 valence electrons. The van der Waals surface area contributed by atoms with E-state index in [0.717, 1.165) is 6.42 Å². The average Bonchev–Trinajstić information content (AvgIpc) is 3.94. The van der Waals surface area contributed by atoms with Gasteiger partial charge < -0.3 is 0 Å². The molecule has 63 heavy (non-hydrogen) atoms. The van der Waals surface area contributed by atoms with E-state index in [1.54, 1.807) is 0 Å². The fraction of sp³-hybridized carbons (Fsp3) is 0.0476. The third-order valence-corrected chi connectivity index (χ3v) is 14.4. The van der Waals surface area contributed by atoms with E-state index in [0.29, 0.717) is 0 Å². The second-order valence-electron chi connectivity index (χ2n) is 17.5. The number of hydrogen-bond acceptors (Lipinski definition) is 0. The van der Waals surface area contributed by atoms with E-state index in [1.165, 1.54) is 111 Å². The van der Waals surface area contributed by atoms with E-state index >= 15 is 0 Å². The molecule has 0 heterocycles. The summed E-state index contributed by atoms with van der Waals surface area (Å²) in [5.41, 5.74) is 22.8. The molecule has 0 fully saturated rings. The van der Waals surface area contributed by atoms with Crippen molar-refractivity contribution in [2.45, 2.75) is 17.3 Å². The van der Waals surface area contributed by atoms with Crippen LogP contribution in [0.2, 0.25) is 0 Å². The van der Waals surface area contributed by atoms with Crippen LogP contribution >= 0.6 is 0 Å². The second kappa shape index (κ2) is 13.9. The molecule has 0 N–H and O–H groups in total. The first-order valence-corrected chi connectivity index (χ1v) is 22.2. The third kappa shape index (κ3) is 5.04. The second-order valence-corrected chi connectivity index (χ2v) is 17.5. The molecule has 3 aliphatic rings. The Balaban J connectivity index is 1.01. The number of benzene rings is 10. The molecule has 3 aliphatic carbocycles. The molecule has 1 spiro atoms. The fourth-order valence-corrected chi connectivity index (χ4v) is 11.9. The lowest BCUT2D eigenvalue weighted by Gasteiger charge is -2.34. The highest BCUT2D eigenvalue weighted by atomic mass is 14.5. The van der Waals surface area contributed by atoms with Crippen LogP contribution in [0.25, 0.3) is 55.8 Å². The van der Waals surface area contributed by atoms with Gasteiger partial charge in [-0.05, 0) is 123 Å². The van der Waals surface area contributed by atoms with Crippen molar-refractivity contribution in [2.24, 2.45) is 0 Å². The summed E-state index contributed by atoms with van der Waals surface area (Å²) < 4.78 is 0. The lowest BCUT2D eigenvalue weighted by molar-refractivity contribution is 0.768. The normalized spacial score (nSPS) is 14.4. The predicted octanol–water partition coefficient (Wildman–Crippen LogP) is 15.3. The minimum Gasteiger partial charge on any atom is -0.0622 e. The zero-order chi connectivity index (χ0) is 41.5. The molecular formula is C63H42. The Labute approximate surface area is 369 Å². The predicted molar refractivity (Wildman–Crippen MR) is 262 cm³/mol. The van der Waals surface area contributed by atoms with Crippen LogP contribution in [0.3, 0.4) is 0 Å². The number of hydrogen-bond donors (Lipinski definition) is 0. The summed E-state index contributed by atoms with van der Waals surface area (Å²) in [5.74, 6) is 0. The molecule has 0 bridgehead atoms. The lowest BCUT2D eigenvalue weighted by Crippen LogP contribution is -2.28. The van der Waals surface area contributed by atoms with E-state index < -0.39 is 10.8 Å². The Morgan fingerprint density at radius 1 is 0.349 bits per heavy atom. The summed E-state index contributed by atoms with van der Waals surface area (Å²) in [7, 11) is 0. The monoisotopic (exact) mass is 798 g/mol. The van der Waals surface area contributed by atoms with Crippen molar-refractivity contribution in [3.05, 3.63) is 298 Å². The Kier molecular flexibility index (Phi) is 7.90. The Bertz CT molecular complexity index is 3380. The van der Waals surface area contributed by atoms with Gasteiger partial charge in [-0.2, -0.15) is 0 Å². The number of fused-ring (bicyclic) bond motifs is 15. The summed E-state index contributed by atoms with van der Waals surface area (Å²) in [5, 5.41) is 2.59. The van der Waals surface area contributed by atoms with Gasteiger partial charge in [0.1, 0.15) is 0 Å². The molecule has 0 nitrogen and oxygen atoms in total. The summed E-state index contributed by atoms with van der Waals surface area (Å²) in [6.07, 6.45) is 3.23. The summed E-state index contributed by atoms with van der Waals surface area (Å²) in [6.45, 7) is 0. The first-order chi connectivity index (χ1) is 31.2. The zero-order valence-corrected chi connectivity index (χ0v) is 34.8. The number of rotatable bonds is 6. The van der Waals surface area contributed by atoms with E-state index in [9.17, 15) is 0 Å². The maximum absolute atomic E-state index is 2.55. The Hall–Kier alpha value is -7.80. The molecule has 0 saturated carbocycles. The van der Waals surface area contributed by atoms with Gasteiger partial charge in [0.2, 0.25) is 0 Å². The van der Waals surface area contributed by atoms with Crippen molar-refractivity contribution in [1.82, 2.24) is 0 Å². The van der Waals surface area contributed by atoms with E-state index in [4.69, 9.17) is 0 Å². The quantitative estimate of drug-likeness (QED) is 0.147. The maximum Gasteiger partial charge on any atom is 0.0725 e. The van der Waals surface area contributed by atoms with Gasteiger partial charge in [-0.15, -0.1) is 0 Å². The van der Waals surface area contributed by atoms with Crippen LogP contribution in [-0.2, 0) is 17.3 Å². The molecule has 0 radical (unpaired) electrons. The van der Waals surface area contributed by atoms with E-state index in [-0.39, 0.29) is 0 Å². The topological polar surface area (TPSA) is 0 Å². The van der Waals surface area contributed by atoms with Gasteiger partial charge in [-0.1, -0.05) is 237 Å². The summed E-state index contributed by atoms with van der Waals surface area (Å²) in [4.78, 5) is 0. The van der Waals surface area contributed by atoms with Crippen molar-refractivity contribution >= 4 is 22.4 Å². The summed E-state index contributed by atoms with van der Waals surface area (Å²) >= 11 is 0. The van der Waals surface area contributed by atoms with Gasteiger partial charge >= 0.3 is 0 Å². The summed E-state index contributed by atoms with van der Waals surface area (Å²) in [6, 6.07) is 88.7. The number of allylic oxidation sites excluding steroid dienone is 1. The highest BCUT2D eigenvalue weighted by molar-refractivity contribution is 6.06. The van der Waals surface area contributed by atoms with E-state index in [1.807, 2.05) is 0 Å².